The van der Waals surface area contributed by atoms with Crippen LogP contribution in [0.5, 0.6) is 5.75 Å². The third-order valence-corrected chi connectivity index (χ3v) is 2.16. The number of hydrogen-bond donors (Lipinski definition) is 1. The Labute approximate surface area is 104 Å². The van der Waals surface area contributed by atoms with E-state index in [1.54, 1.807) is 0 Å². The molecule has 1 aromatic rings. The maximum atomic E-state index is 12.3. The van der Waals surface area contributed by atoms with Gasteiger partial charge in [-0.1, -0.05) is 12.1 Å². The predicted molar refractivity (Wildman–Crippen MR) is 55.8 cm³/mol. The van der Waals surface area contributed by atoms with Crippen molar-refractivity contribution in [2.45, 2.75) is 6.18 Å². The number of carboxylic acid groups (broad SMARTS) is 1. The van der Waals surface area contributed by atoms with Gasteiger partial charge in [0.05, 0.1) is 4.92 Å². The number of ether oxygens (including phenoxy) is 1. The molecule has 104 valence electrons. The molecule has 0 heterocycles. The number of nitro benzene ring substituents is 1. The van der Waals surface area contributed by atoms with Crippen LogP contribution in [0.15, 0.2) is 24.3 Å². The average molecular weight is 279 g/mol. The summed E-state index contributed by atoms with van der Waals surface area (Å²) in [5.74, 6) is -5.26. The van der Waals surface area contributed by atoms with E-state index in [1.807, 2.05) is 0 Å². The highest BCUT2D eigenvalue weighted by atomic mass is 19.4. The van der Waals surface area contributed by atoms with Gasteiger partial charge in [-0.3, -0.25) is 14.9 Å². The molecule has 1 rings (SSSR count). The topological polar surface area (TPSA) is 89.7 Å². The number of nitro groups is 1. The van der Waals surface area contributed by atoms with Crippen LogP contribution in [-0.2, 0) is 4.79 Å². The second-order valence-electron chi connectivity index (χ2n) is 3.47. The third kappa shape index (κ3) is 3.83. The van der Waals surface area contributed by atoms with Gasteiger partial charge in [0.1, 0.15) is 6.61 Å². The highest BCUT2D eigenvalue weighted by Gasteiger charge is 2.46. The van der Waals surface area contributed by atoms with Gasteiger partial charge in [0.2, 0.25) is 0 Å². The molecule has 19 heavy (non-hydrogen) atoms. The Morgan fingerprint density at radius 1 is 1.42 bits per heavy atom. The molecule has 0 aromatic heterocycles. The number of carboxylic acids is 1. The van der Waals surface area contributed by atoms with E-state index < -0.39 is 41.0 Å². The Hall–Kier alpha value is -2.32. The smallest absolute Gasteiger partial charge is 0.405 e. The molecule has 0 aliphatic rings. The molecule has 0 saturated carbocycles. The Morgan fingerprint density at radius 3 is 2.47 bits per heavy atom. The SMILES string of the molecule is O=C(O)C(COc1ccccc1[N+](=O)[O-])C(F)(F)F. The van der Waals surface area contributed by atoms with Gasteiger partial charge in [-0.25, -0.2) is 0 Å². The number of carbonyl (C=O) groups is 1. The van der Waals surface area contributed by atoms with Gasteiger partial charge < -0.3 is 9.84 Å². The molecule has 0 saturated heterocycles. The predicted octanol–water partition coefficient (Wildman–Crippen LogP) is 2.24. The lowest BCUT2D eigenvalue weighted by molar-refractivity contribution is -0.386. The number of nitrogens with zero attached hydrogens (tertiary/aromatic N) is 1. The number of hydrogen-bond acceptors (Lipinski definition) is 4. The van der Waals surface area contributed by atoms with Crippen molar-refractivity contribution in [3.63, 3.8) is 0 Å². The summed E-state index contributed by atoms with van der Waals surface area (Å²) in [4.78, 5) is 20.2. The van der Waals surface area contributed by atoms with Crippen molar-refractivity contribution in [2.75, 3.05) is 6.61 Å². The number of para-hydroxylation sites is 2. The average Bonchev–Trinajstić information content (AvgIpc) is 2.27. The van der Waals surface area contributed by atoms with Crippen molar-refractivity contribution in [1.82, 2.24) is 0 Å². The second kappa shape index (κ2) is 5.55. The summed E-state index contributed by atoms with van der Waals surface area (Å²) < 4.78 is 41.6. The van der Waals surface area contributed by atoms with Crippen LogP contribution in [0.3, 0.4) is 0 Å². The van der Waals surface area contributed by atoms with E-state index in [0.29, 0.717) is 0 Å². The molecule has 1 atom stereocenters. The van der Waals surface area contributed by atoms with E-state index in [1.165, 1.54) is 12.1 Å². The largest absolute Gasteiger partial charge is 0.486 e. The Kier molecular flexibility index (Phi) is 4.30. The van der Waals surface area contributed by atoms with Crippen LogP contribution in [0.1, 0.15) is 0 Å². The number of benzene rings is 1. The minimum Gasteiger partial charge on any atom is -0.486 e. The van der Waals surface area contributed by atoms with Crippen LogP contribution in [0.2, 0.25) is 0 Å². The highest BCUT2D eigenvalue weighted by molar-refractivity contribution is 5.71. The van der Waals surface area contributed by atoms with Gasteiger partial charge in [0.15, 0.2) is 11.7 Å². The second-order valence-corrected chi connectivity index (χ2v) is 3.47. The number of alkyl halides is 3. The van der Waals surface area contributed by atoms with Crippen molar-refractivity contribution in [3.8, 4) is 5.75 Å². The maximum Gasteiger partial charge on any atom is 0.405 e. The molecule has 6 nitrogen and oxygen atoms in total. The fourth-order valence-electron chi connectivity index (χ4n) is 1.21. The Morgan fingerprint density at radius 2 is 2.00 bits per heavy atom. The van der Waals surface area contributed by atoms with Crippen molar-refractivity contribution in [3.05, 3.63) is 34.4 Å². The lowest BCUT2D eigenvalue weighted by Crippen LogP contribution is -2.35. The van der Waals surface area contributed by atoms with E-state index in [-0.39, 0.29) is 0 Å². The van der Waals surface area contributed by atoms with Gasteiger partial charge in [0.25, 0.3) is 0 Å². The summed E-state index contributed by atoms with van der Waals surface area (Å²) in [7, 11) is 0. The first kappa shape index (κ1) is 14.7. The molecule has 1 N–H and O–H groups in total. The van der Waals surface area contributed by atoms with E-state index in [0.717, 1.165) is 12.1 Å². The molecule has 0 aliphatic heterocycles. The van der Waals surface area contributed by atoms with Crippen molar-refractivity contribution in [2.24, 2.45) is 5.92 Å². The Balaban J connectivity index is 2.87. The van der Waals surface area contributed by atoms with Crippen molar-refractivity contribution < 1.29 is 32.7 Å². The zero-order valence-corrected chi connectivity index (χ0v) is 9.26. The Bertz CT molecular complexity index is 488. The fourth-order valence-corrected chi connectivity index (χ4v) is 1.21. The lowest BCUT2D eigenvalue weighted by Gasteiger charge is -2.16. The van der Waals surface area contributed by atoms with Gasteiger partial charge in [-0.2, -0.15) is 13.2 Å². The van der Waals surface area contributed by atoms with Gasteiger partial charge >= 0.3 is 17.8 Å². The quantitative estimate of drug-likeness (QED) is 0.659. The number of rotatable bonds is 5. The van der Waals surface area contributed by atoms with Gasteiger partial charge in [-0.15, -0.1) is 0 Å². The molecular weight excluding hydrogens is 271 g/mol. The number of aliphatic carboxylic acids is 1. The minimum absolute atomic E-state index is 0.414. The van der Waals surface area contributed by atoms with E-state index in [4.69, 9.17) is 5.11 Å². The van der Waals surface area contributed by atoms with Crippen molar-refractivity contribution in [1.29, 1.82) is 0 Å². The summed E-state index contributed by atoms with van der Waals surface area (Å²) >= 11 is 0. The van der Waals surface area contributed by atoms with Crippen LogP contribution < -0.4 is 4.74 Å². The minimum atomic E-state index is -4.99. The van der Waals surface area contributed by atoms with Crippen LogP contribution >= 0.6 is 0 Å². The molecule has 9 heteroatoms. The molecule has 0 spiro atoms. The first-order valence-corrected chi connectivity index (χ1v) is 4.89. The number of halogens is 3. The van der Waals surface area contributed by atoms with Crippen molar-refractivity contribution >= 4 is 11.7 Å². The van der Waals surface area contributed by atoms with Gasteiger partial charge in [0, 0.05) is 6.07 Å². The fraction of sp³-hybridized carbons (Fsp3) is 0.300. The maximum absolute atomic E-state index is 12.3. The molecule has 1 aromatic carbocycles. The molecule has 0 bridgehead atoms. The van der Waals surface area contributed by atoms with Crippen LogP contribution in [-0.4, -0.2) is 28.8 Å². The molecule has 1 unspecified atom stereocenters. The molecular formula is C10H8F3NO5. The molecule has 0 fully saturated rings. The first-order chi connectivity index (χ1) is 8.73. The lowest BCUT2D eigenvalue weighted by atomic mass is 10.1. The highest BCUT2D eigenvalue weighted by Crippen LogP contribution is 2.30. The standard InChI is InChI=1S/C10H8F3NO5/c11-10(12,13)6(9(15)16)5-19-8-4-2-1-3-7(8)14(17)18/h1-4,6H,5H2,(H,15,16). The summed E-state index contributed by atoms with van der Waals surface area (Å²) in [6.45, 7) is -1.23. The monoisotopic (exact) mass is 279 g/mol. The van der Waals surface area contributed by atoms with E-state index in [9.17, 15) is 28.1 Å². The summed E-state index contributed by atoms with van der Waals surface area (Å²) in [6.07, 6.45) is -4.99. The summed E-state index contributed by atoms with van der Waals surface area (Å²) in [5.41, 5.74) is -0.534. The third-order valence-electron chi connectivity index (χ3n) is 2.16. The summed E-state index contributed by atoms with van der Waals surface area (Å²) in [5, 5.41) is 19.0. The molecule has 0 aliphatic carbocycles. The van der Waals surface area contributed by atoms with Crippen LogP contribution in [0, 0.1) is 16.0 Å². The van der Waals surface area contributed by atoms with E-state index >= 15 is 0 Å². The zero-order valence-electron chi connectivity index (χ0n) is 9.26. The first-order valence-electron chi connectivity index (χ1n) is 4.89. The molecule has 0 amide bonds. The normalized spacial score (nSPS) is 12.8. The van der Waals surface area contributed by atoms with Crippen LogP contribution in [0.4, 0.5) is 18.9 Å². The summed E-state index contributed by atoms with van der Waals surface area (Å²) in [6, 6.07) is 4.77. The van der Waals surface area contributed by atoms with Gasteiger partial charge in [-0.05, 0) is 6.07 Å². The molecule has 0 radical (unpaired) electrons. The van der Waals surface area contributed by atoms with Crippen LogP contribution in [0.25, 0.3) is 0 Å². The zero-order chi connectivity index (χ0) is 14.6. The van der Waals surface area contributed by atoms with E-state index in [2.05, 4.69) is 4.74 Å².